The summed E-state index contributed by atoms with van der Waals surface area (Å²) < 4.78 is 1.83. The number of para-hydroxylation sites is 1. The molecule has 0 atom stereocenters. The average Bonchev–Trinajstić information content (AvgIpc) is 2.56. The number of hydrogen-bond acceptors (Lipinski definition) is 3. The Balaban J connectivity index is 2.19. The van der Waals surface area contributed by atoms with E-state index in [-0.39, 0.29) is 0 Å². The second kappa shape index (κ2) is 5.24. The number of nitrogen functional groups attached to an aromatic ring is 1. The molecule has 0 aliphatic carbocycles. The molecule has 1 aromatic carbocycles. The molecule has 0 aliphatic rings. The first kappa shape index (κ1) is 13.3. The Hall–Kier alpha value is -1.13. The number of thioether (sulfide) groups is 1. The van der Waals surface area contributed by atoms with Gasteiger partial charge in [-0.05, 0) is 25.5 Å². The van der Waals surface area contributed by atoms with E-state index in [2.05, 4.69) is 5.10 Å². The second-order valence-electron chi connectivity index (χ2n) is 4.25. The largest absolute Gasteiger partial charge is 0.398 e. The van der Waals surface area contributed by atoms with Crippen LogP contribution in [0.15, 0.2) is 23.1 Å². The van der Waals surface area contributed by atoms with E-state index in [1.165, 1.54) is 0 Å². The van der Waals surface area contributed by atoms with Gasteiger partial charge in [-0.1, -0.05) is 23.7 Å². The van der Waals surface area contributed by atoms with Gasteiger partial charge in [0.25, 0.3) is 0 Å². The third-order valence-corrected chi connectivity index (χ3v) is 4.49. The summed E-state index contributed by atoms with van der Waals surface area (Å²) in [7, 11) is 1.91. The number of hydrogen-bond donors (Lipinski definition) is 1. The summed E-state index contributed by atoms with van der Waals surface area (Å²) in [6.45, 7) is 3.93. The molecule has 0 unspecified atom stereocenters. The van der Waals surface area contributed by atoms with E-state index in [0.29, 0.717) is 0 Å². The molecule has 0 fully saturated rings. The topological polar surface area (TPSA) is 43.8 Å². The molecular formula is C13H16ClN3S. The van der Waals surface area contributed by atoms with Gasteiger partial charge in [-0.15, -0.1) is 11.8 Å². The van der Waals surface area contributed by atoms with Gasteiger partial charge in [0.1, 0.15) is 0 Å². The van der Waals surface area contributed by atoms with Crippen LogP contribution in [-0.4, -0.2) is 9.78 Å². The average molecular weight is 282 g/mol. The van der Waals surface area contributed by atoms with Gasteiger partial charge >= 0.3 is 0 Å². The van der Waals surface area contributed by atoms with E-state index < -0.39 is 0 Å². The number of nitrogens with two attached hydrogens (primary N) is 1. The van der Waals surface area contributed by atoms with Crippen molar-refractivity contribution >= 4 is 29.1 Å². The van der Waals surface area contributed by atoms with Gasteiger partial charge in [-0.3, -0.25) is 4.68 Å². The molecule has 96 valence electrons. The monoisotopic (exact) mass is 281 g/mol. The lowest BCUT2D eigenvalue weighted by atomic mass is 10.2. The number of rotatable bonds is 3. The normalized spacial score (nSPS) is 10.9. The number of halogens is 1. The van der Waals surface area contributed by atoms with Gasteiger partial charge in [-0.2, -0.15) is 5.10 Å². The SMILES string of the molecule is Cc1cccc(SCc2c(Cl)c(C)nn2C)c1N. The molecule has 3 nitrogen and oxygen atoms in total. The molecule has 1 heterocycles. The summed E-state index contributed by atoms with van der Waals surface area (Å²) in [5.41, 5.74) is 9.90. The van der Waals surface area contributed by atoms with E-state index in [1.54, 1.807) is 11.8 Å². The number of benzene rings is 1. The van der Waals surface area contributed by atoms with Gasteiger partial charge in [0.15, 0.2) is 0 Å². The maximum absolute atomic E-state index is 6.22. The number of anilines is 1. The minimum absolute atomic E-state index is 0.747. The fraction of sp³-hybridized carbons (Fsp3) is 0.308. The number of aromatic nitrogens is 2. The Morgan fingerprint density at radius 1 is 1.39 bits per heavy atom. The van der Waals surface area contributed by atoms with E-state index in [1.807, 2.05) is 43.8 Å². The molecule has 2 N–H and O–H groups in total. The summed E-state index contributed by atoms with van der Waals surface area (Å²) in [4.78, 5) is 1.09. The number of nitrogens with zero attached hydrogens (tertiary/aromatic N) is 2. The Kier molecular flexibility index (Phi) is 3.88. The summed E-state index contributed by atoms with van der Waals surface area (Å²) in [5.74, 6) is 0.768. The van der Waals surface area contributed by atoms with Crippen molar-refractivity contribution in [2.75, 3.05) is 5.73 Å². The molecular weight excluding hydrogens is 266 g/mol. The molecule has 1 aromatic heterocycles. The van der Waals surface area contributed by atoms with Gasteiger partial charge < -0.3 is 5.73 Å². The van der Waals surface area contributed by atoms with Crippen molar-refractivity contribution in [3.05, 3.63) is 40.2 Å². The third kappa shape index (κ3) is 2.49. The second-order valence-corrected chi connectivity index (χ2v) is 5.64. The molecule has 2 aromatic rings. The highest BCUT2D eigenvalue weighted by Gasteiger charge is 2.12. The molecule has 0 radical (unpaired) electrons. The van der Waals surface area contributed by atoms with Crippen LogP contribution in [0.5, 0.6) is 0 Å². The quantitative estimate of drug-likeness (QED) is 0.691. The summed E-state index contributed by atoms with van der Waals surface area (Å²) >= 11 is 7.91. The third-order valence-electron chi connectivity index (χ3n) is 2.91. The van der Waals surface area contributed by atoms with Crippen molar-refractivity contribution in [2.45, 2.75) is 24.5 Å². The fourth-order valence-electron chi connectivity index (χ4n) is 1.76. The van der Waals surface area contributed by atoms with Crippen LogP contribution in [-0.2, 0) is 12.8 Å². The van der Waals surface area contributed by atoms with Gasteiger partial charge in [0, 0.05) is 23.4 Å². The van der Waals surface area contributed by atoms with Crippen molar-refractivity contribution in [3.63, 3.8) is 0 Å². The Labute approximate surface area is 116 Å². The van der Waals surface area contributed by atoms with Crippen LogP contribution in [0.1, 0.15) is 17.0 Å². The zero-order valence-electron chi connectivity index (χ0n) is 10.7. The molecule has 0 amide bonds. The van der Waals surface area contributed by atoms with Crippen LogP contribution in [0.4, 0.5) is 5.69 Å². The molecule has 5 heteroatoms. The Bertz CT molecular complexity index is 578. The van der Waals surface area contributed by atoms with Crippen LogP contribution in [0.3, 0.4) is 0 Å². The molecule has 2 rings (SSSR count). The van der Waals surface area contributed by atoms with Crippen LogP contribution >= 0.6 is 23.4 Å². The first-order valence-corrected chi connectivity index (χ1v) is 7.03. The lowest BCUT2D eigenvalue weighted by molar-refractivity contribution is 0.727. The first-order chi connectivity index (χ1) is 8.50. The predicted octanol–water partition coefficient (Wildman–Crippen LogP) is 3.56. The lowest BCUT2D eigenvalue weighted by Gasteiger charge is -2.08. The van der Waals surface area contributed by atoms with Gasteiger partial charge in [0.2, 0.25) is 0 Å². The standard InChI is InChI=1S/C13H16ClN3S/c1-8-5-4-6-11(13(8)15)18-7-10-12(14)9(2)16-17(10)3/h4-6H,7,15H2,1-3H3. The minimum atomic E-state index is 0.747. The van der Waals surface area contributed by atoms with E-state index in [4.69, 9.17) is 17.3 Å². The summed E-state index contributed by atoms with van der Waals surface area (Å²) in [6, 6.07) is 6.06. The highest BCUT2D eigenvalue weighted by Crippen LogP contribution is 2.32. The smallest absolute Gasteiger partial charge is 0.0855 e. The fourth-order valence-corrected chi connectivity index (χ4v) is 3.18. The summed E-state index contributed by atoms with van der Waals surface area (Å²) in [5, 5.41) is 5.05. The van der Waals surface area contributed by atoms with E-state index >= 15 is 0 Å². The minimum Gasteiger partial charge on any atom is -0.398 e. The van der Waals surface area contributed by atoms with Crippen molar-refractivity contribution < 1.29 is 0 Å². The molecule has 18 heavy (non-hydrogen) atoms. The lowest BCUT2D eigenvalue weighted by Crippen LogP contribution is -1.98. The van der Waals surface area contributed by atoms with Crippen LogP contribution in [0, 0.1) is 13.8 Å². The maximum atomic E-state index is 6.22. The van der Waals surface area contributed by atoms with Crippen LogP contribution in [0.2, 0.25) is 5.02 Å². The van der Waals surface area contributed by atoms with Gasteiger partial charge in [-0.25, -0.2) is 0 Å². The Morgan fingerprint density at radius 3 is 2.72 bits per heavy atom. The van der Waals surface area contributed by atoms with Gasteiger partial charge in [0.05, 0.1) is 16.4 Å². The van der Waals surface area contributed by atoms with Crippen molar-refractivity contribution in [1.29, 1.82) is 0 Å². The van der Waals surface area contributed by atoms with Crippen molar-refractivity contribution in [3.8, 4) is 0 Å². The highest BCUT2D eigenvalue weighted by atomic mass is 35.5. The van der Waals surface area contributed by atoms with Crippen molar-refractivity contribution in [2.24, 2.45) is 7.05 Å². The molecule has 0 spiro atoms. The molecule has 0 bridgehead atoms. The molecule has 0 aliphatic heterocycles. The molecule has 0 saturated carbocycles. The van der Waals surface area contributed by atoms with Crippen LogP contribution in [0.25, 0.3) is 0 Å². The van der Waals surface area contributed by atoms with Crippen molar-refractivity contribution in [1.82, 2.24) is 9.78 Å². The Morgan fingerprint density at radius 2 is 2.11 bits per heavy atom. The van der Waals surface area contributed by atoms with E-state index in [9.17, 15) is 0 Å². The van der Waals surface area contributed by atoms with Crippen LogP contribution < -0.4 is 5.73 Å². The first-order valence-electron chi connectivity index (χ1n) is 5.66. The molecule has 0 saturated heterocycles. The number of aryl methyl sites for hydroxylation is 3. The van der Waals surface area contributed by atoms with E-state index in [0.717, 1.165) is 38.3 Å². The predicted molar refractivity (Wildman–Crippen MR) is 78.1 cm³/mol. The highest BCUT2D eigenvalue weighted by molar-refractivity contribution is 7.98. The maximum Gasteiger partial charge on any atom is 0.0855 e. The summed E-state index contributed by atoms with van der Waals surface area (Å²) in [6.07, 6.45) is 0. The zero-order chi connectivity index (χ0) is 13.3. The zero-order valence-corrected chi connectivity index (χ0v) is 12.3.